The number of hydrogen-bond donors (Lipinski definition) is 3. The second-order valence-corrected chi connectivity index (χ2v) is 4.81. The molecule has 2 rings (SSSR count). The molecule has 2 aromatic carbocycles. The van der Waals surface area contributed by atoms with E-state index in [1.54, 1.807) is 6.07 Å². The Morgan fingerprint density at radius 2 is 1.86 bits per heavy atom. The molecular formula is C16H16N2O3. The van der Waals surface area contributed by atoms with E-state index < -0.39 is 5.97 Å². The fourth-order valence-corrected chi connectivity index (χ4v) is 2.00. The first-order valence-electron chi connectivity index (χ1n) is 6.40. The van der Waals surface area contributed by atoms with Crippen molar-refractivity contribution in [1.82, 2.24) is 0 Å². The first-order valence-corrected chi connectivity index (χ1v) is 6.40. The van der Waals surface area contributed by atoms with Crippen molar-refractivity contribution in [2.45, 2.75) is 13.8 Å². The Bertz CT molecular complexity index is 723. The zero-order valence-corrected chi connectivity index (χ0v) is 11.8. The molecule has 0 heterocycles. The molecule has 0 radical (unpaired) electrons. The van der Waals surface area contributed by atoms with Crippen LogP contribution in [-0.2, 0) is 0 Å². The topological polar surface area (TPSA) is 92.4 Å². The van der Waals surface area contributed by atoms with Crippen LogP contribution in [0, 0.1) is 13.8 Å². The van der Waals surface area contributed by atoms with Gasteiger partial charge in [0, 0.05) is 5.56 Å². The van der Waals surface area contributed by atoms with E-state index in [9.17, 15) is 9.59 Å². The van der Waals surface area contributed by atoms with Crippen LogP contribution in [0.25, 0.3) is 0 Å². The summed E-state index contributed by atoms with van der Waals surface area (Å²) in [5, 5.41) is 11.6. The lowest BCUT2D eigenvalue weighted by Gasteiger charge is -2.11. The fraction of sp³-hybridized carbons (Fsp3) is 0.125. The Morgan fingerprint density at radius 1 is 1.14 bits per heavy atom. The van der Waals surface area contributed by atoms with E-state index in [4.69, 9.17) is 10.8 Å². The van der Waals surface area contributed by atoms with Crippen LogP contribution in [-0.4, -0.2) is 17.0 Å². The molecule has 0 saturated heterocycles. The van der Waals surface area contributed by atoms with Crippen molar-refractivity contribution in [2.75, 3.05) is 11.1 Å². The summed E-state index contributed by atoms with van der Waals surface area (Å²) in [6.45, 7) is 3.81. The Morgan fingerprint density at radius 3 is 2.48 bits per heavy atom. The zero-order valence-electron chi connectivity index (χ0n) is 11.8. The van der Waals surface area contributed by atoms with E-state index >= 15 is 0 Å². The molecule has 0 aliphatic carbocycles. The van der Waals surface area contributed by atoms with E-state index in [1.807, 2.05) is 26.0 Å². The number of nitrogens with one attached hydrogen (secondary N) is 1. The van der Waals surface area contributed by atoms with Crippen molar-refractivity contribution < 1.29 is 14.7 Å². The number of nitrogens with two attached hydrogens (primary N) is 1. The van der Waals surface area contributed by atoms with Crippen LogP contribution >= 0.6 is 0 Å². The molecular weight excluding hydrogens is 268 g/mol. The van der Waals surface area contributed by atoms with Gasteiger partial charge in [0.2, 0.25) is 0 Å². The molecule has 4 N–H and O–H groups in total. The first kappa shape index (κ1) is 14.6. The lowest BCUT2D eigenvalue weighted by Crippen LogP contribution is -2.15. The fourth-order valence-electron chi connectivity index (χ4n) is 2.00. The molecule has 0 aliphatic heterocycles. The number of aryl methyl sites for hydroxylation is 1. The highest BCUT2D eigenvalue weighted by Gasteiger charge is 2.13. The summed E-state index contributed by atoms with van der Waals surface area (Å²) in [5.74, 6) is -1.33. The number of aromatic carboxylic acids is 1. The largest absolute Gasteiger partial charge is 0.478 e. The zero-order chi connectivity index (χ0) is 15.6. The van der Waals surface area contributed by atoms with E-state index in [0.717, 1.165) is 11.1 Å². The third-order valence-electron chi connectivity index (χ3n) is 3.40. The minimum atomic E-state index is -1.06. The summed E-state index contributed by atoms with van der Waals surface area (Å²) in [4.78, 5) is 23.1. The van der Waals surface area contributed by atoms with E-state index in [2.05, 4.69) is 5.32 Å². The molecule has 2 aromatic rings. The number of carboxylic acids is 1. The van der Waals surface area contributed by atoms with E-state index in [1.165, 1.54) is 18.2 Å². The molecule has 5 heteroatoms. The second-order valence-electron chi connectivity index (χ2n) is 4.81. The highest BCUT2D eigenvalue weighted by molar-refractivity contribution is 6.07. The van der Waals surface area contributed by atoms with Gasteiger partial charge in [0.1, 0.15) is 0 Å². The number of carbonyl (C=O) groups is 2. The standard InChI is InChI=1S/C16H16N2O3/c1-9-4-3-5-12(10(9)2)15(19)18-14-7-6-11(16(20)21)8-13(14)17/h3-8H,17H2,1-2H3,(H,18,19)(H,20,21). The molecule has 0 fully saturated rings. The first-order chi connectivity index (χ1) is 9.90. The number of carbonyl (C=O) groups excluding carboxylic acids is 1. The SMILES string of the molecule is Cc1cccc(C(=O)Nc2ccc(C(=O)O)cc2N)c1C. The maximum absolute atomic E-state index is 12.3. The summed E-state index contributed by atoms with van der Waals surface area (Å²) >= 11 is 0. The molecule has 0 aromatic heterocycles. The quantitative estimate of drug-likeness (QED) is 0.756. The Balaban J connectivity index is 2.28. The van der Waals surface area contributed by atoms with Gasteiger partial charge in [-0.15, -0.1) is 0 Å². The van der Waals surface area contributed by atoms with Gasteiger partial charge in [0.15, 0.2) is 0 Å². The maximum Gasteiger partial charge on any atom is 0.335 e. The van der Waals surface area contributed by atoms with Gasteiger partial charge in [0.05, 0.1) is 16.9 Å². The molecule has 0 bridgehead atoms. The summed E-state index contributed by atoms with van der Waals surface area (Å²) in [7, 11) is 0. The normalized spacial score (nSPS) is 10.2. The molecule has 108 valence electrons. The van der Waals surface area contributed by atoms with Crippen LogP contribution in [0.15, 0.2) is 36.4 Å². The van der Waals surface area contributed by atoms with Gasteiger partial charge in [0.25, 0.3) is 5.91 Å². The number of amides is 1. The minimum absolute atomic E-state index is 0.0808. The van der Waals surface area contributed by atoms with Crippen molar-refractivity contribution in [3.63, 3.8) is 0 Å². The van der Waals surface area contributed by atoms with Crippen LogP contribution in [0.2, 0.25) is 0 Å². The average Bonchev–Trinajstić information content (AvgIpc) is 2.43. The molecule has 0 atom stereocenters. The van der Waals surface area contributed by atoms with Crippen LogP contribution in [0.4, 0.5) is 11.4 Å². The second kappa shape index (κ2) is 5.66. The van der Waals surface area contributed by atoms with Gasteiger partial charge in [-0.1, -0.05) is 12.1 Å². The number of nitrogen functional groups attached to an aromatic ring is 1. The summed E-state index contributed by atoms with van der Waals surface area (Å²) < 4.78 is 0. The molecule has 0 aliphatic rings. The maximum atomic E-state index is 12.3. The van der Waals surface area contributed by atoms with Crippen LogP contribution in [0.3, 0.4) is 0 Å². The number of hydrogen-bond acceptors (Lipinski definition) is 3. The molecule has 1 amide bonds. The van der Waals surface area contributed by atoms with Crippen molar-refractivity contribution in [1.29, 1.82) is 0 Å². The van der Waals surface area contributed by atoms with Gasteiger partial charge in [-0.25, -0.2) is 4.79 Å². The molecule has 0 unspecified atom stereocenters. The van der Waals surface area contributed by atoms with E-state index in [0.29, 0.717) is 11.3 Å². The summed E-state index contributed by atoms with van der Waals surface area (Å²) in [6, 6.07) is 9.69. The Labute approximate surface area is 122 Å². The van der Waals surface area contributed by atoms with Crippen molar-refractivity contribution >= 4 is 23.3 Å². The van der Waals surface area contributed by atoms with E-state index in [-0.39, 0.29) is 17.2 Å². The third-order valence-corrected chi connectivity index (χ3v) is 3.40. The minimum Gasteiger partial charge on any atom is -0.478 e. The van der Waals surface area contributed by atoms with Crippen LogP contribution in [0.1, 0.15) is 31.8 Å². The van der Waals surface area contributed by atoms with Crippen LogP contribution < -0.4 is 11.1 Å². The average molecular weight is 284 g/mol. The summed E-state index contributed by atoms with van der Waals surface area (Å²) in [5.41, 5.74) is 8.96. The summed E-state index contributed by atoms with van der Waals surface area (Å²) in [6.07, 6.45) is 0. The lowest BCUT2D eigenvalue weighted by molar-refractivity contribution is 0.0697. The predicted molar refractivity (Wildman–Crippen MR) is 81.7 cm³/mol. The van der Waals surface area contributed by atoms with Gasteiger partial charge in [-0.2, -0.15) is 0 Å². The molecule has 0 saturated carbocycles. The number of anilines is 2. The molecule has 5 nitrogen and oxygen atoms in total. The van der Waals surface area contributed by atoms with Crippen molar-refractivity contribution in [3.05, 3.63) is 58.7 Å². The third kappa shape index (κ3) is 3.02. The number of benzene rings is 2. The lowest BCUT2D eigenvalue weighted by atomic mass is 10.0. The molecule has 21 heavy (non-hydrogen) atoms. The van der Waals surface area contributed by atoms with Gasteiger partial charge in [-0.05, 0) is 49.2 Å². The monoisotopic (exact) mass is 284 g/mol. The van der Waals surface area contributed by atoms with Crippen molar-refractivity contribution in [3.8, 4) is 0 Å². The predicted octanol–water partition coefficient (Wildman–Crippen LogP) is 2.84. The highest BCUT2D eigenvalue weighted by atomic mass is 16.4. The highest BCUT2D eigenvalue weighted by Crippen LogP contribution is 2.22. The van der Waals surface area contributed by atoms with Crippen molar-refractivity contribution in [2.24, 2.45) is 0 Å². The smallest absolute Gasteiger partial charge is 0.335 e. The number of carboxylic acid groups (broad SMARTS) is 1. The van der Waals surface area contributed by atoms with Gasteiger partial charge in [-0.3, -0.25) is 4.79 Å². The Hall–Kier alpha value is -2.82. The van der Waals surface area contributed by atoms with Gasteiger partial charge >= 0.3 is 5.97 Å². The van der Waals surface area contributed by atoms with Gasteiger partial charge < -0.3 is 16.2 Å². The van der Waals surface area contributed by atoms with Crippen LogP contribution in [0.5, 0.6) is 0 Å². The molecule has 0 spiro atoms. The number of rotatable bonds is 3. The Kier molecular flexibility index (Phi) is 3.93.